The van der Waals surface area contributed by atoms with Crippen LogP contribution in [0.25, 0.3) is 0 Å². The molecular weight excluding hydrogens is 401 g/mol. The van der Waals surface area contributed by atoms with Gasteiger partial charge in [0.05, 0.1) is 6.08 Å². The van der Waals surface area contributed by atoms with Crippen LogP contribution in [0.1, 0.15) is 46.5 Å². The lowest BCUT2D eigenvalue weighted by Gasteiger charge is -2.41. The summed E-state index contributed by atoms with van der Waals surface area (Å²) >= 11 is 0. The van der Waals surface area contributed by atoms with Crippen LogP contribution in [-0.4, -0.2) is 51.4 Å². The van der Waals surface area contributed by atoms with Crippen molar-refractivity contribution in [1.29, 1.82) is 0 Å². The predicted molar refractivity (Wildman–Crippen MR) is 114 cm³/mol. The summed E-state index contributed by atoms with van der Waals surface area (Å²) in [4.78, 5) is 41.7. The van der Waals surface area contributed by atoms with Crippen molar-refractivity contribution in [2.24, 2.45) is 11.8 Å². The average molecular weight is 432 g/mol. The van der Waals surface area contributed by atoms with Gasteiger partial charge in [0.25, 0.3) is 17.7 Å². The van der Waals surface area contributed by atoms with E-state index < -0.39 is 23.2 Å². The Morgan fingerprint density at radius 2 is 2.03 bits per heavy atom. The Morgan fingerprint density at radius 3 is 2.65 bits per heavy atom. The SMILES string of the molecule is CCC(C)C1(CC)NC(=O)/C2=C\CCN(CC3C=CC(F)=CC3)C(=O)/C=C(\O)C(=O)N21. The molecule has 1 fully saturated rings. The van der Waals surface area contributed by atoms with Gasteiger partial charge in [0, 0.05) is 13.1 Å². The van der Waals surface area contributed by atoms with Gasteiger partial charge in [0.15, 0.2) is 5.76 Å². The zero-order chi connectivity index (χ0) is 22.8. The maximum absolute atomic E-state index is 13.2. The van der Waals surface area contributed by atoms with Gasteiger partial charge >= 0.3 is 0 Å². The number of rotatable bonds is 5. The number of fused-ring (bicyclic) bond motifs is 1. The number of allylic oxidation sites excluding steroid dienone is 3. The van der Waals surface area contributed by atoms with Gasteiger partial charge in [-0.3, -0.25) is 19.3 Å². The van der Waals surface area contributed by atoms with E-state index >= 15 is 0 Å². The number of aliphatic hydroxyl groups excluding tert-OH is 1. The third kappa shape index (κ3) is 4.29. The maximum Gasteiger partial charge on any atom is 0.295 e. The molecule has 0 aromatic heterocycles. The summed E-state index contributed by atoms with van der Waals surface area (Å²) in [5.74, 6) is -2.76. The Labute approximate surface area is 182 Å². The van der Waals surface area contributed by atoms with Crippen molar-refractivity contribution in [2.75, 3.05) is 13.1 Å². The molecule has 0 radical (unpaired) electrons. The number of aliphatic hydroxyl groups is 1. The lowest BCUT2D eigenvalue weighted by molar-refractivity contribution is -0.136. The van der Waals surface area contributed by atoms with Crippen LogP contribution in [-0.2, 0) is 14.4 Å². The van der Waals surface area contributed by atoms with Crippen molar-refractivity contribution in [3.05, 3.63) is 47.7 Å². The zero-order valence-electron chi connectivity index (χ0n) is 18.2. The summed E-state index contributed by atoms with van der Waals surface area (Å²) in [6, 6.07) is 0. The van der Waals surface area contributed by atoms with Crippen LogP contribution in [0, 0.1) is 11.8 Å². The van der Waals surface area contributed by atoms with Crippen molar-refractivity contribution in [2.45, 2.75) is 52.1 Å². The van der Waals surface area contributed by atoms with Gasteiger partial charge in [-0.25, -0.2) is 4.39 Å². The molecule has 2 heterocycles. The third-order valence-corrected chi connectivity index (χ3v) is 6.50. The Balaban J connectivity index is 1.92. The van der Waals surface area contributed by atoms with E-state index in [1.54, 1.807) is 12.2 Å². The maximum atomic E-state index is 13.2. The first kappa shape index (κ1) is 22.8. The van der Waals surface area contributed by atoms with Gasteiger partial charge in [-0.15, -0.1) is 0 Å². The highest BCUT2D eigenvalue weighted by molar-refractivity contribution is 6.07. The smallest absolute Gasteiger partial charge is 0.295 e. The quantitative estimate of drug-likeness (QED) is 0.700. The molecule has 1 saturated heterocycles. The Morgan fingerprint density at radius 1 is 1.29 bits per heavy atom. The molecule has 0 aromatic carbocycles. The minimum Gasteiger partial charge on any atom is -0.503 e. The van der Waals surface area contributed by atoms with Crippen LogP contribution in [0.2, 0.25) is 0 Å². The normalized spacial score (nSPS) is 31.3. The highest BCUT2D eigenvalue weighted by Gasteiger charge is 2.52. The molecule has 3 atom stereocenters. The van der Waals surface area contributed by atoms with Gasteiger partial charge in [-0.05, 0) is 49.7 Å². The average Bonchev–Trinajstić information content (AvgIpc) is 3.05. The lowest BCUT2D eigenvalue weighted by atomic mass is 9.88. The molecule has 2 aliphatic heterocycles. The number of hydrogen-bond acceptors (Lipinski definition) is 4. The molecule has 0 spiro atoms. The van der Waals surface area contributed by atoms with E-state index in [-0.39, 0.29) is 29.3 Å². The molecule has 3 aliphatic rings. The third-order valence-electron chi connectivity index (χ3n) is 6.50. The minimum absolute atomic E-state index is 0.0605. The van der Waals surface area contributed by atoms with E-state index in [9.17, 15) is 23.9 Å². The second-order valence-corrected chi connectivity index (χ2v) is 8.32. The van der Waals surface area contributed by atoms with E-state index in [1.165, 1.54) is 22.0 Å². The molecule has 2 N–H and O–H groups in total. The zero-order valence-corrected chi connectivity index (χ0v) is 18.2. The molecule has 1 aliphatic carbocycles. The van der Waals surface area contributed by atoms with Gasteiger partial charge in [0.1, 0.15) is 17.2 Å². The summed E-state index contributed by atoms with van der Waals surface area (Å²) in [5, 5.41) is 13.5. The standard InChI is InChI=1S/C23H30FN3O4/c1-4-15(3)23(5-2)25-21(30)18-7-6-12-26(14-16-8-10-17(24)11-9-16)20(29)13-19(28)22(31)27(18)23/h7-8,10-11,13,15-16,28H,4-6,9,12,14H2,1-3H3,(H,25,30)/b18-7+,19-13-. The Kier molecular flexibility index (Phi) is 6.67. The van der Waals surface area contributed by atoms with E-state index in [4.69, 9.17) is 0 Å². The summed E-state index contributed by atoms with van der Waals surface area (Å²) in [6.07, 6.45) is 9.14. The number of halogens is 1. The minimum atomic E-state index is -0.957. The molecule has 3 amide bonds. The second-order valence-electron chi connectivity index (χ2n) is 8.32. The van der Waals surface area contributed by atoms with Crippen LogP contribution in [0.4, 0.5) is 4.39 Å². The monoisotopic (exact) mass is 431 g/mol. The summed E-state index contributed by atoms with van der Waals surface area (Å²) in [5.41, 5.74) is -0.758. The number of carbonyl (C=O) groups is 3. The highest BCUT2D eigenvalue weighted by atomic mass is 19.1. The fraction of sp³-hybridized carbons (Fsp3) is 0.522. The van der Waals surface area contributed by atoms with Gasteiger partial charge in [0.2, 0.25) is 0 Å². The first-order valence-corrected chi connectivity index (χ1v) is 10.8. The molecule has 31 heavy (non-hydrogen) atoms. The van der Waals surface area contributed by atoms with Crippen LogP contribution < -0.4 is 5.32 Å². The molecule has 168 valence electrons. The summed E-state index contributed by atoms with van der Waals surface area (Å²) in [6.45, 7) is 6.42. The van der Waals surface area contributed by atoms with Crippen molar-refractivity contribution in [3.63, 3.8) is 0 Å². The lowest BCUT2D eigenvalue weighted by Crippen LogP contribution is -2.58. The van der Waals surface area contributed by atoms with E-state index in [0.29, 0.717) is 38.8 Å². The molecule has 0 bridgehead atoms. The van der Waals surface area contributed by atoms with Gasteiger partial charge in [-0.2, -0.15) is 0 Å². The topological polar surface area (TPSA) is 90.0 Å². The number of nitrogens with zero attached hydrogens (tertiary/aromatic N) is 2. The molecule has 3 unspecified atom stereocenters. The van der Waals surface area contributed by atoms with Crippen LogP contribution in [0.3, 0.4) is 0 Å². The van der Waals surface area contributed by atoms with E-state index in [2.05, 4.69) is 5.32 Å². The van der Waals surface area contributed by atoms with Gasteiger partial charge < -0.3 is 15.3 Å². The molecule has 0 saturated carbocycles. The van der Waals surface area contributed by atoms with Gasteiger partial charge in [-0.1, -0.05) is 32.9 Å². The Bertz CT molecular complexity index is 891. The number of nitrogens with one attached hydrogen (secondary N) is 1. The number of carbonyl (C=O) groups excluding carboxylic acids is 3. The summed E-state index contributed by atoms with van der Waals surface area (Å²) < 4.78 is 13.2. The molecule has 3 rings (SSSR count). The second kappa shape index (κ2) is 9.08. The molecular formula is C23H30FN3O4. The number of amides is 3. The molecule has 8 heteroatoms. The van der Waals surface area contributed by atoms with Crippen LogP contribution in [0.15, 0.2) is 47.7 Å². The first-order valence-electron chi connectivity index (χ1n) is 10.8. The van der Waals surface area contributed by atoms with Crippen molar-refractivity contribution < 1.29 is 23.9 Å². The van der Waals surface area contributed by atoms with E-state index in [0.717, 1.165) is 6.08 Å². The fourth-order valence-corrected chi connectivity index (χ4v) is 4.47. The largest absolute Gasteiger partial charge is 0.503 e. The first-order chi connectivity index (χ1) is 14.7. The van der Waals surface area contributed by atoms with E-state index in [1.807, 2.05) is 20.8 Å². The van der Waals surface area contributed by atoms with Crippen molar-refractivity contribution >= 4 is 17.7 Å². The predicted octanol–water partition coefficient (Wildman–Crippen LogP) is 3.08. The fourth-order valence-electron chi connectivity index (χ4n) is 4.47. The van der Waals surface area contributed by atoms with Crippen molar-refractivity contribution in [3.8, 4) is 0 Å². The van der Waals surface area contributed by atoms with Crippen LogP contribution in [0.5, 0.6) is 0 Å². The summed E-state index contributed by atoms with van der Waals surface area (Å²) in [7, 11) is 0. The Hall–Kier alpha value is -2.90. The molecule has 0 aromatic rings. The van der Waals surface area contributed by atoms with Crippen molar-refractivity contribution in [1.82, 2.24) is 15.1 Å². The highest BCUT2D eigenvalue weighted by Crippen LogP contribution is 2.38. The number of hydrogen-bond donors (Lipinski definition) is 2. The molecule has 7 nitrogen and oxygen atoms in total. The van der Waals surface area contributed by atoms with Crippen LogP contribution >= 0.6 is 0 Å².